The first kappa shape index (κ1) is 8.54. The lowest BCUT2D eigenvalue weighted by atomic mass is 10.2. The lowest BCUT2D eigenvalue weighted by Crippen LogP contribution is -2.04. The van der Waals surface area contributed by atoms with E-state index in [1.807, 2.05) is 19.1 Å². The van der Waals surface area contributed by atoms with Crippen molar-refractivity contribution in [1.82, 2.24) is 0 Å². The van der Waals surface area contributed by atoms with Gasteiger partial charge in [-0.1, -0.05) is 6.07 Å². The monoisotopic (exact) mass is 179 g/mol. The van der Waals surface area contributed by atoms with Crippen LogP contribution >= 0.6 is 0 Å². The minimum atomic E-state index is -0.138. The molecule has 1 aliphatic carbocycles. The fourth-order valence-electron chi connectivity index (χ4n) is 1.34. The molecule has 0 radical (unpaired) electrons. The third-order valence-electron chi connectivity index (χ3n) is 2.40. The summed E-state index contributed by atoms with van der Waals surface area (Å²) in [5.74, 6) is 0.640. The second-order valence-electron chi connectivity index (χ2n) is 3.81. The Morgan fingerprint density at radius 3 is 2.85 bits per heavy atom. The molecule has 0 atom stereocenters. The van der Waals surface area contributed by atoms with Crippen LogP contribution in [0.4, 0.5) is 10.1 Å². The SMILES string of the molecule is Cc1ccc(NCC2CC2)c(F)c1. The van der Waals surface area contributed by atoms with Crippen LogP contribution in [0.2, 0.25) is 0 Å². The van der Waals surface area contributed by atoms with Crippen LogP contribution in [0.1, 0.15) is 18.4 Å². The molecular weight excluding hydrogens is 165 g/mol. The van der Waals surface area contributed by atoms with E-state index in [0.29, 0.717) is 5.69 Å². The Morgan fingerprint density at radius 1 is 1.46 bits per heavy atom. The molecule has 1 N–H and O–H groups in total. The van der Waals surface area contributed by atoms with Crippen LogP contribution in [0.15, 0.2) is 18.2 Å². The lowest BCUT2D eigenvalue weighted by Gasteiger charge is -2.06. The van der Waals surface area contributed by atoms with Crippen LogP contribution in [-0.4, -0.2) is 6.54 Å². The molecule has 1 saturated carbocycles. The molecule has 1 nitrogen and oxygen atoms in total. The Labute approximate surface area is 78.0 Å². The highest BCUT2D eigenvalue weighted by molar-refractivity contribution is 5.46. The summed E-state index contributed by atoms with van der Waals surface area (Å²) in [7, 11) is 0. The Bertz CT molecular complexity index is 305. The maximum Gasteiger partial charge on any atom is 0.146 e. The van der Waals surface area contributed by atoms with Crippen molar-refractivity contribution >= 4 is 5.69 Å². The van der Waals surface area contributed by atoms with Gasteiger partial charge in [0, 0.05) is 6.54 Å². The molecule has 2 rings (SSSR count). The van der Waals surface area contributed by atoms with Crippen molar-refractivity contribution in [2.75, 3.05) is 11.9 Å². The summed E-state index contributed by atoms with van der Waals surface area (Å²) in [6, 6.07) is 5.31. The summed E-state index contributed by atoms with van der Waals surface area (Å²) in [6.07, 6.45) is 2.58. The quantitative estimate of drug-likeness (QED) is 0.752. The van der Waals surface area contributed by atoms with Crippen molar-refractivity contribution in [3.05, 3.63) is 29.6 Å². The minimum Gasteiger partial charge on any atom is -0.382 e. The highest BCUT2D eigenvalue weighted by Gasteiger charge is 2.20. The molecule has 0 aliphatic heterocycles. The van der Waals surface area contributed by atoms with E-state index in [2.05, 4.69) is 5.32 Å². The second kappa shape index (κ2) is 3.36. The summed E-state index contributed by atoms with van der Waals surface area (Å²) in [6.45, 7) is 2.81. The van der Waals surface area contributed by atoms with E-state index in [4.69, 9.17) is 0 Å². The van der Waals surface area contributed by atoms with Crippen molar-refractivity contribution in [1.29, 1.82) is 0 Å². The Hall–Kier alpha value is -1.05. The first-order valence-corrected chi connectivity index (χ1v) is 4.76. The average molecular weight is 179 g/mol. The number of halogens is 1. The summed E-state index contributed by atoms with van der Waals surface area (Å²) >= 11 is 0. The summed E-state index contributed by atoms with van der Waals surface area (Å²) in [5.41, 5.74) is 1.60. The fourth-order valence-corrected chi connectivity index (χ4v) is 1.34. The molecule has 13 heavy (non-hydrogen) atoms. The molecule has 1 aliphatic rings. The standard InChI is InChI=1S/C11H14FN/c1-8-2-5-11(10(12)6-8)13-7-9-3-4-9/h2,5-6,9,13H,3-4,7H2,1H3. The maximum atomic E-state index is 13.3. The molecule has 70 valence electrons. The van der Waals surface area contributed by atoms with E-state index >= 15 is 0 Å². The van der Waals surface area contributed by atoms with Crippen LogP contribution in [0.3, 0.4) is 0 Å². The Balaban J connectivity index is 2.01. The number of nitrogens with one attached hydrogen (secondary N) is 1. The van der Waals surface area contributed by atoms with Gasteiger partial charge in [-0.05, 0) is 43.4 Å². The molecule has 2 heteroatoms. The predicted octanol–water partition coefficient (Wildman–Crippen LogP) is 2.96. The molecule has 1 fully saturated rings. The van der Waals surface area contributed by atoms with Gasteiger partial charge in [0.05, 0.1) is 5.69 Å². The van der Waals surface area contributed by atoms with E-state index in [-0.39, 0.29) is 5.82 Å². The zero-order chi connectivity index (χ0) is 9.26. The van der Waals surface area contributed by atoms with Gasteiger partial charge in [0.2, 0.25) is 0 Å². The van der Waals surface area contributed by atoms with Gasteiger partial charge < -0.3 is 5.32 Å². The van der Waals surface area contributed by atoms with Gasteiger partial charge in [-0.25, -0.2) is 4.39 Å². The molecule has 0 heterocycles. The number of hydrogen-bond acceptors (Lipinski definition) is 1. The largest absolute Gasteiger partial charge is 0.382 e. The highest BCUT2D eigenvalue weighted by atomic mass is 19.1. The van der Waals surface area contributed by atoms with Crippen molar-refractivity contribution in [2.24, 2.45) is 5.92 Å². The smallest absolute Gasteiger partial charge is 0.146 e. The van der Waals surface area contributed by atoms with Gasteiger partial charge >= 0.3 is 0 Å². The third kappa shape index (κ3) is 2.20. The van der Waals surface area contributed by atoms with Crippen LogP contribution in [0, 0.1) is 18.7 Å². The van der Waals surface area contributed by atoms with Crippen LogP contribution in [0.5, 0.6) is 0 Å². The van der Waals surface area contributed by atoms with E-state index in [1.165, 1.54) is 12.8 Å². The Morgan fingerprint density at radius 2 is 2.23 bits per heavy atom. The van der Waals surface area contributed by atoms with Gasteiger partial charge in [0.25, 0.3) is 0 Å². The second-order valence-corrected chi connectivity index (χ2v) is 3.81. The number of aryl methyl sites for hydroxylation is 1. The predicted molar refractivity (Wildman–Crippen MR) is 52.4 cm³/mol. The zero-order valence-corrected chi connectivity index (χ0v) is 7.81. The number of benzene rings is 1. The van der Waals surface area contributed by atoms with E-state index in [9.17, 15) is 4.39 Å². The third-order valence-corrected chi connectivity index (χ3v) is 2.40. The molecule has 0 saturated heterocycles. The summed E-state index contributed by atoms with van der Waals surface area (Å²) in [5, 5.41) is 3.13. The molecule has 1 aromatic rings. The van der Waals surface area contributed by atoms with Crippen molar-refractivity contribution in [3.63, 3.8) is 0 Å². The van der Waals surface area contributed by atoms with Gasteiger partial charge in [-0.15, -0.1) is 0 Å². The molecule has 0 amide bonds. The lowest BCUT2D eigenvalue weighted by molar-refractivity contribution is 0.628. The number of anilines is 1. The highest BCUT2D eigenvalue weighted by Crippen LogP contribution is 2.29. The van der Waals surface area contributed by atoms with Crippen LogP contribution < -0.4 is 5.32 Å². The topological polar surface area (TPSA) is 12.0 Å². The fraction of sp³-hybridized carbons (Fsp3) is 0.455. The number of rotatable bonds is 3. The van der Waals surface area contributed by atoms with Crippen LogP contribution in [-0.2, 0) is 0 Å². The van der Waals surface area contributed by atoms with Crippen molar-refractivity contribution in [2.45, 2.75) is 19.8 Å². The summed E-state index contributed by atoms with van der Waals surface area (Å²) < 4.78 is 13.3. The van der Waals surface area contributed by atoms with E-state index < -0.39 is 0 Å². The van der Waals surface area contributed by atoms with E-state index in [0.717, 1.165) is 18.0 Å². The van der Waals surface area contributed by atoms with Gasteiger partial charge in [-0.3, -0.25) is 0 Å². The first-order chi connectivity index (χ1) is 6.25. The molecule has 0 unspecified atom stereocenters. The normalized spacial score (nSPS) is 15.8. The van der Waals surface area contributed by atoms with Crippen molar-refractivity contribution < 1.29 is 4.39 Å². The molecule has 0 spiro atoms. The van der Waals surface area contributed by atoms with E-state index in [1.54, 1.807) is 6.07 Å². The first-order valence-electron chi connectivity index (χ1n) is 4.76. The molecule has 0 bridgehead atoms. The minimum absolute atomic E-state index is 0.138. The van der Waals surface area contributed by atoms with Gasteiger partial charge in [0.15, 0.2) is 0 Å². The Kier molecular flexibility index (Phi) is 2.21. The van der Waals surface area contributed by atoms with Gasteiger partial charge in [0.1, 0.15) is 5.82 Å². The summed E-state index contributed by atoms with van der Waals surface area (Å²) in [4.78, 5) is 0. The molecule has 0 aromatic heterocycles. The molecule has 1 aromatic carbocycles. The zero-order valence-electron chi connectivity index (χ0n) is 7.81. The maximum absolute atomic E-state index is 13.3. The van der Waals surface area contributed by atoms with Crippen molar-refractivity contribution in [3.8, 4) is 0 Å². The average Bonchev–Trinajstić information content (AvgIpc) is 2.86. The number of hydrogen-bond donors (Lipinski definition) is 1. The van der Waals surface area contributed by atoms with Gasteiger partial charge in [-0.2, -0.15) is 0 Å². The molecular formula is C11H14FN. The van der Waals surface area contributed by atoms with Crippen LogP contribution in [0.25, 0.3) is 0 Å².